The number of para-hydroxylation sites is 2. The molecule has 1 aliphatic rings. The van der Waals surface area contributed by atoms with Gasteiger partial charge in [-0.15, -0.1) is 0 Å². The molecule has 2 aromatic heterocycles. The number of anilines is 10. The van der Waals surface area contributed by atoms with Crippen LogP contribution in [0, 0.1) is 83.1 Å². The second-order valence-electron chi connectivity index (χ2n) is 30.1. The molecule has 0 spiro atoms. The summed E-state index contributed by atoms with van der Waals surface area (Å²) in [6, 6.07) is 111. The molecule has 14 aromatic carbocycles. The summed E-state index contributed by atoms with van der Waals surface area (Å²) >= 11 is 0. The van der Waals surface area contributed by atoms with E-state index in [0.717, 1.165) is 52.2 Å². The molecule has 0 atom stereocenters. The van der Waals surface area contributed by atoms with E-state index < -0.39 is 0 Å². The lowest BCUT2D eigenvalue weighted by Crippen LogP contribution is -2.16. The molecule has 0 bridgehead atoms. The molecule has 0 N–H and O–H groups in total. The highest BCUT2D eigenvalue weighted by Crippen LogP contribution is 2.51. The Morgan fingerprint density at radius 3 is 1.02 bits per heavy atom. The molecule has 17 rings (SSSR count). The zero-order valence-corrected chi connectivity index (χ0v) is 70.9. The smallest absolute Gasteiger partial charge is 0.151 e. The van der Waals surface area contributed by atoms with Gasteiger partial charge in [0, 0.05) is 104 Å². The van der Waals surface area contributed by atoms with E-state index in [9.17, 15) is 0 Å². The predicted molar refractivity (Wildman–Crippen MR) is 497 cm³/mol. The summed E-state index contributed by atoms with van der Waals surface area (Å²) in [7, 11) is 4.11. The predicted octanol–water partition coefficient (Wildman–Crippen LogP) is 31.2. The van der Waals surface area contributed by atoms with Gasteiger partial charge in [0.2, 0.25) is 0 Å². The number of fused-ring (bicyclic) bond motifs is 8. The standard InChI is InChI=1S/C22H23N.C21H19NO.C21H19N.C20H20N2.C19H23N.2C2H6/c1-16-5-9-20(10-6-16)23(21-11-7-17(2)8-12-21)22-14-18(3)13-19(4)15-22;1-14-5-4-6-17(11-14)22-18-9-7-15(2)12-20(18)23-21-13-16(3)8-10-19(21)22;1-14-4-8-17(9-5-14)22-20-10-6-15(2)12-18(20)19-13-16(3)7-11-21(19)22;1-21(2)17-13-15-20(16-14-17)22(18-9-5-3-6-10-18)19-11-7-4-8-12-19;1-4-5-6-11-20-18-9-7-14(2)12-16(18)17-13-15(3)8-10-19(17)20;2*1-2/h5-15H,1-4H3;4-13H,1-3H3;4-13H,1-3H3;3-16H,1-2H3;7-10,12-13H,4-6,11H2,1-3H3;2*1-2H3. The summed E-state index contributed by atoms with van der Waals surface area (Å²) in [4.78, 5) is 8.97. The van der Waals surface area contributed by atoms with Gasteiger partial charge in [0.05, 0.1) is 22.4 Å². The van der Waals surface area contributed by atoms with Crippen molar-refractivity contribution in [1.29, 1.82) is 0 Å². The molecule has 0 aliphatic carbocycles. The van der Waals surface area contributed by atoms with Crippen molar-refractivity contribution in [2.45, 2.75) is 144 Å². The van der Waals surface area contributed by atoms with Crippen LogP contribution in [0.25, 0.3) is 49.3 Å². The lowest BCUT2D eigenvalue weighted by molar-refractivity contribution is 0.476. The van der Waals surface area contributed by atoms with Crippen molar-refractivity contribution in [3.8, 4) is 17.2 Å². The second kappa shape index (κ2) is 38.7. The highest BCUT2D eigenvalue weighted by atomic mass is 16.5. The van der Waals surface area contributed by atoms with E-state index >= 15 is 0 Å². The van der Waals surface area contributed by atoms with Crippen LogP contribution in [0.3, 0.4) is 0 Å². The number of hydrogen-bond acceptors (Lipinski definition) is 5. The first-order valence-corrected chi connectivity index (χ1v) is 40.8. The van der Waals surface area contributed by atoms with Crippen LogP contribution >= 0.6 is 0 Å². The summed E-state index contributed by atoms with van der Waals surface area (Å²) < 4.78 is 11.0. The summed E-state index contributed by atoms with van der Waals surface area (Å²) in [6.45, 7) is 37.0. The molecular weight excluding hydrogens is 1390 g/mol. The number of benzene rings is 14. The Bertz CT molecular complexity index is 5540. The molecular formula is C107H116N6O. The van der Waals surface area contributed by atoms with Crippen LogP contribution in [0.2, 0.25) is 0 Å². The first-order chi connectivity index (χ1) is 55.2. The van der Waals surface area contributed by atoms with Gasteiger partial charge in [-0.25, -0.2) is 0 Å². The van der Waals surface area contributed by atoms with Gasteiger partial charge in [0.25, 0.3) is 0 Å². The molecule has 7 heteroatoms. The average Bonchev–Trinajstić information content (AvgIpc) is 1.56. The molecule has 0 saturated heterocycles. The molecule has 0 amide bonds. The molecule has 0 fully saturated rings. The minimum absolute atomic E-state index is 0.907. The zero-order chi connectivity index (χ0) is 81.1. The number of aromatic nitrogens is 2. The van der Waals surface area contributed by atoms with E-state index in [-0.39, 0.29) is 0 Å². The first-order valence-electron chi connectivity index (χ1n) is 40.8. The van der Waals surface area contributed by atoms with Crippen LogP contribution in [0.1, 0.15) is 121 Å². The van der Waals surface area contributed by atoms with Crippen molar-refractivity contribution in [1.82, 2.24) is 9.13 Å². The lowest BCUT2D eigenvalue weighted by Gasteiger charge is -2.33. The molecule has 0 radical (unpaired) electrons. The van der Waals surface area contributed by atoms with E-state index in [2.05, 4.69) is 430 Å². The quantitative estimate of drug-likeness (QED) is 0.107. The normalized spacial score (nSPS) is 11.0. The van der Waals surface area contributed by atoms with Crippen molar-refractivity contribution in [3.63, 3.8) is 0 Å². The number of ether oxygens (including phenoxy) is 1. The third kappa shape index (κ3) is 19.9. The number of unbranched alkanes of at least 4 members (excludes halogenated alkanes) is 2. The fourth-order valence-corrected chi connectivity index (χ4v) is 14.8. The maximum absolute atomic E-state index is 6.18. The molecule has 7 nitrogen and oxygen atoms in total. The van der Waals surface area contributed by atoms with E-state index in [1.165, 1.54) is 158 Å². The van der Waals surface area contributed by atoms with E-state index in [0.29, 0.717) is 0 Å². The van der Waals surface area contributed by atoms with Crippen molar-refractivity contribution in [3.05, 3.63) is 376 Å². The number of aryl methyl sites for hydroxylation is 13. The zero-order valence-electron chi connectivity index (χ0n) is 70.9. The third-order valence-corrected chi connectivity index (χ3v) is 20.4. The molecule has 0 unspecified atom stereocenters. The maximum Gasteiger partial charge on any atom is 0.151 e. The summed E-state index contributed by atoms with van der Waals surface area (Å²) in [5, 5.41) is 5.47. The van der Waals surface area contributed by atoms with Crippen LogP contribution in [0.4, 0.5) is 56.9 Å². The third-order valence-electron chi connectivity index (χ3n) is 20.4. The van der Waals surface area contributed by atoms with Gasteiger partial charge in [-0.1, -0.05) is 214 Å². The lowest BCUT2D eigenvalue weighted by atomic mass is 10.1. The average molecular weight is 1500 g/mol. The highest BCUT2D eigenvalue weighted by molar-refractivity contribution is 6.10. The van der Waals surface area contributed by atoms with Gasteiger partial charge in [-0.3, -0.25) is 0 Å². The minimum Gasteiger partial charge on any atom is -0.453 e. The number of hydrogen-bond donors (Lipinski definition) is 0. The fraction of sp³-hybridized carbons (Fsp3) is 0.215. The van der Waals surface area contributed by atoms with Gasteiger partial charge < -0.3 is 33.5 Å². The van der Waals surface area contributed by atoms with Crippen molar-refractivity contribution in [2.75, 3.05) is 33.7 Å². The van der Waals surface area contributed by atoms with Crippen LogP contribution < -0.4 is 24.3 Å². The van der Waals surface area contributed by atoms with Crippen molar-refractivity contribution >= 4 is 100 Å². The largest absolute Gasteiger partial charge is 0.453 e. The topological polar surface area (TPSA) is 32.0 Å². The summed E-state index contributed by atoms with van der Waals surface area (Å²) in [5.74, 6) is 1.81. The Morgan fingerprint density at radius 1 is 0.263 bits per heavy atom. The Balaban J connectivity index is 0.000000139. The monoisotopic (exact) mass is 1500 g/mol. The Kier molecular flexibility index (Phi) is 28.1. The summed E-state index contributed by atoms with van der Waals surface area (Å²) in [5.41, 5.74) is 33.4. The molecule has 1 aliphatic heterocycles. The van der Waals surface area contributed by atoms with Crippen molar-refractivity contribution in [2.24, 2.45) is 0 Å². The first kappa shape index (κ1) is 82.6. The van der Waals surface area contributed by atoms with Crippen LogP contribution in [0.5, 0.6) is 11.5 Å². The van der Waals surface area contributed by atoms with Crippen LogP contribution in [-0.4, -0.2) is 23.2 Å². The number of rotatable bonds is 13. The van der Waals surface area contributed by atoms with Gasteiger partial charge in [0.1, 0.15) is 0 Å². The van der Waals surface area contributed by atoms with E-state index in [4.69, 9.17) is 4.74 Å². The highest BCUT2D eigenvalue weighted by Gasteiger charge is 2.26. The fourth-order valence-electron chi connectivity index (χ4n) is 14.8. The maximum atomic E-state index is 6.18. The number of nitrogens with zero attached hydrogens (tertiary/aromatic N) is 6. The second-order valence-corrected chi connectivity index (χ2v) is 30.1. The van der Waals surface area contributed by atoms with Gasteiger partial charge in [-0.05, 0) is 299 Å². The molecule has 3 heterocycles. The Hall–Kier alpha value is -12.3. The minimum atomic E-state index is 0.907. The molecule has 0 saturated carbocycles. The Morgan fingerprint density at radius 2 is 0.605 bits per heavy atom. The summed E-state index contributed by atoms with van der Waals surface area (Å²) in [6.07, 6.45) is 3.84. The van der Waals surface area contributed by atoms with E-state index in [1.54, 1.807) is 0 Å². The molecule has 580 valence electrons. The van der Waals surface area contributed by atoms with Crippen molar-refractivity contribution < 1.29 is 4.74 Å². The van der Waals surface area contributed by atoms with Gasteiger partial charge in [-0.2, -0.15) is 0 Å². The van der Waals surface area contributed by atoms with Crippen LogP contribution in [-0.2, 0) is 6.54 Å². The van der Waals surface area contributed by atoms with E-state index in [1.807, 2.05) is 39.8 Å². The Labute approximate surface area is 680 Å². The van der Waals surface area contributed by atoms with Gasteiger partial charge in [0.15, 0.2) is 11.5 Å². The van der Waals surface area contributed by atoms with Gasteiger partial charge >= 0.3 is 0 Å². The SMILES string of the molecule is CC.CC.CCCCCn1c2ccc(C)cc2c2cc(C)ccc21.CN(C)c1ccc(N(c2ccccc2)c2ccccc2)cc1.Cc1ccc(-n2c3ccc(C)cc3c3cc(C)ccc32)cc1.Cc1ccc(N(c2ccc(C)cc2)c2cc(C)cc(C)c2)cc1.Cc1cccc(N2c3ccc(C)cc3Oc3cc(C)ccc32)c1. The molecule has 114 heavy (non-hydrogen) atoms. The van der Waals surface area contributed by atoms with Crippen LogP contribution in [0.15, 0.2) is 309 Å². The molecule has 16 aromatic rings.